The highest BCUT2D eigenvalue weighted by Crippen LogP contribution is 2.06. The molecule has 1 heterocycles. The van der Waals surface area contributed by atoms with E-state index in [1.54, 1.807) is 0 Å². The maximum Gasteiger partial charge on any atom is 0.151 e. The standard InChI is InChI=1S/C10H19N3O/c1-4-13(5-2)8-10-6-9(7-11-3)12-14-10/h6,11H,4-5,7-8H2,1-3H3. The van der Waals surface area contributed by atoms with Crippen molar-refractivity contribution in [2.24, 2.45) is 0 Å². The van der Waals surface area contributed by atoms with E-state index < -0.39 is 0 Å². The Hall–Kier alpha value is -0.870. The summed E-state index contributed by atoms with van der Waals surface area (Å²) in [5.41, 5.74) is 0.967. The van der Waals surface area contributed by atoms with Crippen LogP contribution in [0.2, 0.25) is 0 Å². The quantitative estimate of drug-likeness (QED) is 0.745. The van der Waals surface area contributed by atoms with Gasteiger partial charge in [0.2, 0.25) is 0 Å². The fraction of sp³-hybridized carbons (Fsp3) is 0.700. The molecule has 0 atom stereocenters. The molecular weight excluding hydrogens is 178 g/mol. The number of aromatic nitrogens is 1. The second-order valence-corrected chi connectivity index (χ2v) is 3.28. The van der Waals surface area contributed by atoms with Crippen LogP contribution < -0.4 is 5.32 Å². The first-order valence-corrected chi connectivity index (χ1v) is 5.11. The summed E-state index contributed by atoms with van der Waals surface area (Å²) in [4.78, 5) is 2.30. The summed E-state index contributed by atoms with van der Waals surface area (Å²) in [6.45, 7) is 7.99. The molecule has 1 aromatic rings. The molecule has 0 unspecified atom stereocenters. The lowest BCUT2D eigenvalue weighted by molar-refractivity contribution is 0.251. The second-order valence-electron chi connectivity index (χ2n) is 3.28. The number of hydrogen-bond acceptors (Lipinski definition) is 4. The van der Waals surface area contributed by atoms with Crippen LogP contribution >= 0.6 is 0 Å². The van der Waals surface area contributed by atoms with Gasteiger partial charge in [-0.05, 0) is 20.1 Å². The van der Waals surface area contributed by atoms with Crippen LogP contribution in [-0.2, 0) is 13.1 Å². The van der Waals surface area contributed by atoms with E-state index >= 15 is 0 Å². The minimum atomic E-state index is 0.766. The van der Waals surface area contributed by atoms with Crippen molar-refractivity contribution in [3.63, 3.8) is 0 Å². The van der Waals surface area contributed by atoms with Crippen LogP contribution in [-0.4, -0.2) is 30.2 Å². The van der Waals surface area contributed by atoms with Crippen LogP contribution in [0, 0.1) is 0 Å². The lowest BCUT2D eigenvalue weighted by atomic mass is 10.3. The Balaban J connectivity index is 2.49. The van der Waals surface area contributed by atoms with Gasteiger partial charge in [-0.2, -0.15) is 0 Å². The van der Waals surface area contributed by atoms with E-state index in [0.29, 0.717) is 0 Å². The van der Waals surface area contributed by atoms with Crippen LogP contribution in [0.1, 0.15) is 25.3 Å². The molecule has 0 aliphatic rings. The van der Waals surface area contributed by atoms with Crippen molar-refractivity contribution in [2.45, 2.75) is 26.9 Å². The molecule has 1 rings (SSSR count). The fourth-order valence-electron chi connectivity index (χ4n) is 1.36. The molecule has 80 valence electrons. The van der Waals surface area contributed by atoms with Gasteiger partial charge in [0.25, 0.3) is 0 Å². The molecule has 0 aliphatic heterocycles. The number of rotatable bonds is 6. The van der Waals surface area contributed by atoms with Gasteiger partial charge in [-0.15, -0.1) is 0 Å². The highest BCUT2D eigenvalue weighted by molar-refractivity contribution is 5.04. The zero-order valence-corrected chi connectivity index (χ0v) is 9.21. The zero-order valence-electron chi connectivity index (χ0n) is 9.21. The molecule has 0 aliphatic carbocycles. The minimum Gasteiger partial charge on any atom is -0.360 e. The van der Waals surface area contributed by atoms with Crippen LogP contribution in [0.4, 0.5) is 0 Å². The van der Waals surface area contributed by atoms with Gasteiger partial charge in [0.15, 0.2) is 5.76 Å². The molecule has 0 amide bonds. The van der Waals surface area contributed by atoms with Gasteiger partial charge in [-0.1, -0.05) is 19.0 Å². The van der Waals surface area contributed by atoms with Crippen LogP contribution in [0.5, 0.6) is 0 Å². The molecule has 14 heavy (non-hydrogen) atoms. The lowest BCUT2D eigenvalue weighted by Crippen LogP contribution is -2.21. The summed E-state index contributed by atoms with van der Waals surface area (Å²) in [5.74, 6) is 0.943. The largest absolute Gasteiger partial charge is 0.360 e. The smallest absolute Gasteiger partial charge is 0.151 e. The first kappa shape index (κ1) is 11.2. The molecule has 0 spiro atoms. The average Bonchev–Trinajstić information content (AvgIpc) is 2.63. The summed E-state index contributed by atoms with van der Waals surface area (Å²) in [6, 6.07) is 2.01. The Kier molecular flexibility index (Phi) is 4.62. The third-order valence-corrected chi connectivity index (χ3v) is 2.24. The SMILES string of the molecule is CCN(CC)Cc1cc(CNC)no1. The van der Waals surface area contributed by atoms with Crippen LogP contribution in [0.15, 0.2) is 10.6 Å². The topological polar surface area (TPSA) is 41.3 Å². The summed E-state index contributed by atoms with van der Waals surface area (Å²) in [5, 5.41) is 7.01. The maximum absolute atomic E-state index is 5.22. The van der Waals surface area contributed by atoms with E-state index in [0.717, 1.165) is 37.6 Å². The zero-order chi connectivity index (χ0) is 10.4. The Labute approximate surface area is 85.3 Å². The molecule has 0 fully saturated rings. The highest BCUT2D eigenvalue weighted by atomic mass is 16.5. The third-order valence-electron chi connectivity index (χ3n) is 2.24. The Morgan fingerprint density at radius 2 is 2.14 bits per heavy atom. The van der Waals surface area contributed by atoms with Gasteiger partial charge >= 0.3 is 0 Å². The average molecular weight is 197 g/mol. The molecular formula is C10H19N3O. The maximum atomic E-state index is 5.22. The molecule has 1 N–H and O–H groups in total. The molecule has 0 aromatic carbocycles. The second kappa shape index (κ2) is 5.78. The van der Waals surface area contributed by atoms with Crippen molar-refractivity contribution in [2.75, 3.05) is 20.1 Å². The van der Waals surface area contributed by atoms with Gasteiger partial charge < -0.3 is 9.84 Å². The number of nitrogens with zero attached hydrogens (tertiary/aromatic N) is 2. The lowest BCUT2D eigenvalue weighted by Gasteiger charge is -2.14. The van der Waals surface area contributed by atoms with Gasteiger partial charge in [0.1, 0.15) is 0 Å². The monoisotopic (exact) mass is 197 g/mol. The van der Waals surface area contributed by atoms with Crippen molar-refractivity contribution in [1.82, 2.24) is 15.4 Å². The number of nitrogens with one attached hydrogen (secondary N) is 1. The van der Waals surface area contributed by atoms with Gasteiger partial charge in [0, 0.05) is 12.6 Å². The Morgan fingerprint density at radius 3 is 2.71 bits per heavy atom. The number of hydrogen-bond donors (Lipinski definition) is 1. The predicted molar refractivity (Wildman–Crippen MR) is 55.9 cm³/mol. The molecule has 4 nitrogen and oxygen atoms in total. The summed E-state index contributed by atoms with van der Waals surface area (Å²) in [6.07, 6.45) is 0. The molecule has 0 radical (unpaired) electrons. The van der Waals surface area contributed by atoms with E-state index in [1.165, 1.54) is 0 Å². The Bertz CT molecular complexity index is 256. The van der Waals surface area contributed by atoms with E-state index in [9.17, 15) is 0 Å². The highest BCUT2D eigenvalue weighted by Gasteiger charge is 2.06. The Morgan fingerprint density at radius 1 is 1.43 bits per heavy atom. The van der Waals surface area contributed by atoms with E-state index in [1.807, 2.05) is 13.1 Å². The van der Waals surface area contributed by atoms with E-state index in [-0.39, 0.29) is 0 Å². The molecule has 4 heteroatoms. The molecule has 0 bridgehead atoms. The van der Waals surface area contributed by atoms with E-state index in [4.69, 9.17) is 4.52 Å². The molecule has 1 aromatic heterocycles. The molecule has 0 saturated carbocycles. The van der Waals surface area contributed by atoms with Gasteiger partial charge in [-0.25, -0.2) is 0 Å². The van der Waals surface area contributed by atoms with Crippen molar-refractivity contribution in [3.8, 4) is 0 Å². The minimum absolute atomic E-state index is 0.766. The summed E-state index contributed by atoms with van der Waals surface area (Å²) >= 11 is 0. The normalized spacial score (nSPS) is 11.1. The third kappa shape index (κ3) is 3.12. The van der Waals surface area contributed by atoms with Crippen LogP contribution in [0.25, 0.3) is 0 Å². The van der Waals surface area contributed by atoms with Crippen molar-refractivity contribution in [3.05, 3.63) is 17.5 Å². The fourth-order valence-corrected chi connectivity index (χ4v) is 1.36. The molecule has 0 saturated heterocycles. The van der Waals surface area contributed by atoms with Crippen LogP contribution in [0.3, 0.4) is 0 Å². The van der Waals surface area contributed by atoms with E-state index in [2.05, 4.69) is 29.2 Å². The predicted octanol–water partition coefficient (Wildman–Crippen LogP) is 1.24. The van der Waals surface area contributed by atoms with Crippen molar-refractivity contribution < 1.29 is 4.52 Å². The van der Waals surface area contributed by atoms with Gasteiger partial charge in [-0.3, -0.25) is 4.90 Å². The van der Waals surface area contributed by atoms with Crippen molar-refractivity contribution in [1.29, 1.82) is 0 Å². The summed E-state index contributed by atoms with van der Waals surface area (Å²) in [7, 11) is 1.90. The summed E-state index contributed by atoms with van der Waals surface area (Å²) < 4.78 is 5.22. The van der Waals surface area contributed by atoms with Gasteiger partial charge in [0.05, 0.1) is 12.2 Å². The first-order chi connectivity index (χ1) is 6.80. The first-order valence-electron chi connectivity index (χ1n) is 5.11. The van der Waals surface area contributed by atoms with Crippen molar-refractivity contribution >= 4 is 0 Å².